The number of nitrogens with one attached hydrogen (secondary N) is 2. The van der Waals surface area contributed by atoms with Crippen LogP contribution in [0.5, 0.6) is 0 Å². The summed E-state index contributed by atoms with van der Waals surface area (Å²) < 4.78 is 4.38. The minimum Gasteiger partial charge on any atom is -0.354 e. The number of halogens is 1. The molecule has 0 saturated heterocycles. The SMILES string of the molecule is CCCCn1c(-c2ccc(Cl)cc2)nn(CCC(=O)NCCNc2ncccn2)c1=S. The van der Waals surface area contributed by atoms with Gasteiger partial charge >= 0.3 is 0 Å². The maximum absolute atomic E-state index is 12.2. The van der Waals surface area contributed by atoms with Crippen molar-refractivity contribution in [2.24, 2.45) is 0 Å². The van der Waals surface area contributed by atoms with E-state index < -0.39 is 0 Å². The number of benzene rings is 1. The zero-order valence-corrected chi connectivity index (χ0v) is 19.0. The van der Waals surface area contributed by atoms with Gasteiger partial charge in [0.05, 0.1) is 6.54 Å². The summed E-state index contributed by atoms with van der Waals surface area (Å²) in [6.07, 6.45) is 5.67. The van der Waals surface area contributed by atoms with Crippen LogP contribution in [-0.4, -0.2) is 43.3 Å². The Balaban J connectivity index is 1.58. The fraction of sp³-hybridized carbons (Fsp3) is 0.381. The minimum absolute atomic E-state index is 0.0613. The molecule has 1 aromatic carbocycles. The van der Waals surface area contributed by atoms with Gasteiger partial charge in [-0.25, -0.2) is 14.6 Å². The highest BCUT2D eigenvalue weighted by Crippen LogP contribution is 2.21. The third-order valence-electron chi connectivity index (χ3n) is 4.61. The maximum atomic E-state index is 12.2. The van der Waals surface area contributed by atoms with E-state index in [1.807, 2.05) is 28.8 Å². The number of aryl methyl sites for hydroxylation is 1. The van der Waals surface area contributed by atoms with Crippen molar-refractivity contribution in [2.75, 3.05) is 18.4 Å². The second-order valence-electron chi connectivity index (χ2n) is 6.94. The number of nitrogens with zero attached hydrogens (tertiary/aromatic N) is 5. The molecule has 0 aliphatic carbocycles. The van der Waals surface area contributed by atoms with Gasteiger partial charge in [-0.05, 0) is 49.0 Å². The Hall–Kier alpha value is -2.78. The summed E-state index contributed by atoms with van der Waals surface area (Å²) in [7, 11) is 0. The van der Waals surface area contributed by atoms with Crippen molar-refractivity contribution in [2.45, 2.75) is 39.3 Å². The zero-order valence-electron chi connectivity index (χ0n) is 17.4. The zero-order chi connectivity index (χ0) is 22.1. The van der Waals surface area contributed by atoms with Crippen LogP contribution >= 0.6 is 23.8 Å². The van der Waals surface area contributed by atoms with Crippen molar-refractivity contribution < 1.29 is 4.79 Å². The van der Waals surface area contributed by atoms with E-state index in [9.17, 15) is 4.79 Å². The van der Waals surface area contributed by atoms with Gasteiger partial charge in [-0.1, -0.05) is 24.9 Å². The van der Waals surface area contributed by atoms with E-state index in [4.69, 9.17) is 28.9 Å². The topological polar surface area (TPSA) is 89.7 Å². The van der Waals surface area contributed by atoms with E-state index in [1.165, 1.54) is 0 Å². The molecule has 0 aliphatic heterocycles. The largest absolute Gasteiger partial charge is 0.354 e. The Morgan fingerprint density at radius 1 is 1.13 bits per heavy atom. The summed E-state index contributed by atoms with van der Waals surface area (Å²) in [5, 5.41) is 11.3. The van der Waals surface area contributed by atoms with Crippen molar-refractivity contribution in [3.63, 3.8) is 0 Å². The first-order chi connectivity index (χ1) is 15.1. The van der Waals surface area contributed by atoms with E-state index in [-0.39, 0.29) is 5.91 Å². The fourth-order valence-electron chi connectivity index (χ4n) is 2.98. The molecule has 0 spiro atoms. The second kappa shape index (κ2) is 11.6. The standard InChI is InChI=1S/C21H26ClN7OS/c1-2-3-14-28-19(16-5-7-17(22)8-6-16)27-29(21(28)31)15-9-18(30)23-12-13-26-20-24-10-4-11-25-20/h4-8,10-11H,2-3,9,12-15H2,1H3,(H,23,30)(H,24,25,26). The first kappa shape index (κ1) is 22.9. The number of hydrogen-bond acceptors (Lipinski definition) is 6. The van der Waals surface area contributed by atoms with Gasteiger partial charge in [0, 0.05) is 49.0 Å². The van der Waals surface area contributed by atoms with Gasteiger partial charge < -0.3 is 10.6 Å². The maximum Gasteiger partial charge on any atom is 0.222 e. The molecular formula is C21H26ClN7OS. The molecule has 1 amide bonds. The minimum atomic E-state index is -0.0613. The monoisotopic (exact) mass is 459 g/mol. The van der Waals surface area contributed by atoms with E-state index >= 15 is 0 Å². The molecule has 0 saturated carbocycles. The molecule has 0 bridgehead atoms. The lowest BCUT2D eigenvalue weighted by Gasteiger charge is -2.07. The summed E-state index contributed by atoms with van der Waals surface area (Å²) in [5.74, 6) is 1.27. The third kappa shape index (κ3) is 6.60. The first-order valence-corrected chi connectivity index (χ1v) is 11.1. The lowest BCUT2D eigenvalue weighted by molar-refractivity contribution is -0.121. The molecule has 2 N–H and O–H groups in total. The number of unbranched alkanes of at least 4 members (excludes halogenated alkanes) is 1. The van der Waals surface area contributed by atoms with Gasteiger partial charge in [-0.2, -0.15) is 5.10 Å². The number of carbonyl (C=O) groups is 1. The average Bonchev–Trinajstić information content (AvgIpc) is 3.10. The van der Waals surface area contributed by atoms with Gasteiger partial charge in [-0.3, -0.25) is 9.36 Å². The van der Waals surface area contributed by atoms with Crippen molar-refractivity contribution in [1.29, 1.82) is 0 Å². The Labute approximate surface area is 191 Å². The normalized spacial score (nSPS) is 10.8. The summed E-state index contributed by atoms with van der Waals surface area (Å²) in [6.45, 7) is 4.36. The third-order valence-corrected chi connectivity index (χ3v) is 5.29. The molecule has 3 aromatic rings. The molecule has 3 rings (SSSR count). The Morgan fingerprint density at radius 2 is 1.87 bits per heavy atom. The number of aromatic nitrogens is 5. The van der Waals surface area contributed by atoms with Crippen molar-refractivity contribution >= 4 is 35.7 Å². The lowest BCUT2D eigenvalue weighted by atomic mass is 10.2. The highest BCUT2D eigenvalue weighted by atomic mass is 35.5. The molecule has 10 heteroatoms. The molecule has 2 aromatic heterocycles. The van der Waals surface area contributed by atoms with Gasteiger partial charge in [0.15, 0.2) is 10.6 Å². The van der Waals surface area contributed by atoms with E-state index in [0.717, 1.165) is 30.8 Å². The van der Waals surface area contributed by atoms with Gasteiger partial charge in [-0.15, -0.1) is 0 Å². The number of amides is 1. The van der Waals surface area contributed by atoms with Gasteiger partial charge in [0.25, 0.3) is 0 Å². The highest BCUT2D eigenvalue weighted by Gasteiger charge is 2.13. The first-order valence-electron chi connectivity index (χ1n) is 10.3. The molecule has 31 heavy (non-hydrogen) atoms. The molecule has 0 aliphatic rings. The van der Waals surface area contributed by atoms with E-state index in [1.54, 1.807) is 23.1 Å². The molecule has 0 unspecified atom stereocenters. The number of carbonyl (C=O) groups excluding carboxylic acids is 1. The van der Waals surface area contributed by atoms with Crippen LogP contribution in [0.15, 0.2) is 42.7 Å². The van der Waals surface area contributed by atoms with Crippen LogP contribution in [0.3, 0.4) is 0 Å². The molecular weight excluding hydrogens is 434 g/mol. The van der Waals surface area contributed by atoms with Crippen LogP contribution in [0, 0.1) is 4.77 Å². The molecule has 164 valence electrons. The number of hydrogen-bond donors (Lipinski definition) is 2. The van der Waals surface area contributed by atoms with Crippen LogP contribution in [0.2, 0.25) is 5.02 Å². The lowest BCUT2D eigenvalue weighted by Crippen LogP contribution is -2.29. The molecule has 0 atom stereocenters. The predicted octanol–water partition coefficient (Wildman–Crippen LogP) is 3.94. The summed E-state index contributed by atoms with van der Waals surface area (Å²) in [4.78, 5) is 20.4. The van der Waals surface area contributed by atoms with Crippen molar-refractivity contribution in [3.8, 4) is 11.4 Å². The molecule has 0 fully saturated rings. The summed E-state index contributed by atoms with van der Waals surface area (Å²) in [5.41, 5.74) is 0.948. The molecule has 8 nitrogen and oxygen atoms in total. The average molecular weight is 460 g/mol. The number of anilines is 1. The van der Waals surface area contributed by atoms with Crippen LogP contribution in [0.25, 0.3) is 11.4 Å². The smallest absolute Gasteiger partial charge is 0.222 e. The van der Waals surface area contributed by atoms with Crippen molar-refractivity contribution in [1.82, 2.24) is 29.6 Å². The molecule has 2 heterocycles. The Kier molecular flexibility index (Phi) is 8.54. The van der Waals surface area contributed by atoms with Crippen LogP contribution in [0.4, 0.5) is 5.95 Å². The fourth-order valence-corrected chi connectivity index (χ4v) is 3.42. The summed E-state index contributed by atoms with van der Waals surface area (Å²) >= 11 is 11.7. The van der Waals surface area contributed by atoms with Crippen molar-refractivity contribution in [3.05, 3.63) is 52.5 Å². The second-order valence-corrected chi connectivity index (χ2v) is 7.74. The van der Waals surface area contributed by atoms with E-state index in [0.29, 0.717) is 41.8 Å². The van der Waals surface area contributed by atoms with E-state index in [2.05, 4.69) is 27.5 Å². The predicted molar refractivity (Wildman–Crippen MR) is 125 cm³/mol. The summed E-state index contributed by atoms with van der Waals surface area (Å²) in [6, 6.07) is 9.29. The number of rotatable bonds is 11. The Morgan fingerprint density at radius 3 is 2.58 bits per heavy atom. The van der Waals surface area contributed by atoms with Gasteiger partial charge in [0.2, 0.25) is 11.9 Å². The quantitative estimate of drug-likeness (QED) is 0.333. The van der Waals surface area contributed by atoms with Gasteiger partial charge in [0.1, 0.15) is 0 Å². The highest BCUT2D eigenvalue weighted by molar-refractivity contribution is 7.71. The Bertz CT molecular complexity index is 1030. The molecule has 0 radical (unpaired) electrons. The van der Waals surface area contributed by atoms with Crippen LogP contribution < -0.4 is 10.6 Å². The van der Waals surface area contributed by atoms with Crippen LogP contribution in [0.1, 0.15) is 26.2 Å². The van der Waals surface area contributed by atoms with Crippen LogP contribution in [-0.2, 0) is 17.9 Å².